The van der Waals surface area contributed by atoms with E-state index in [4.69, 9.17) is 0 Å². The minimum atomic E-state index is -4.55. The van der Waals surface area contributed by atoms with Gasteiger partial charge in [0.2, 0.25) is 0 Å². The number of benzene rings is 1. The van der Waals surface area contributed by atoms with E-state index in [-0.39, 0.29) is 9.35 Å². The van der Waals surface area contributed by atoms with Crippen molar-refractivity contribution in [3.63, 3.8) is 0 Å². The largest absolute Gasteiger partial charge is 0.417 e. The van der Waals surface area contributed by atoms with Crippen LogP contribution in [0.3, 0.4) is 0 Å². The van der Waals surface area contributed by atoms with Crippen LogP contribution in [0, 0.1) is 3.83 Å². The van der Waals surface area contributed by atoms with Crippen molar-refractivity contribution in [3.05, 3.63) is 37.9 Å². The number of aromatic nitrogens is 2. The van der Waals surface area contributed by atoms with Gasteiger partial charge in [0.25, 0.3) is 5.56 Å². The van der Waals surface area contributed by atoms with Gasteiger partial charge in [0, 0.05) is 0 Å². The van der Waals surface area contributed by atoms with E-state index in [2.05, 4.69) is 9.97 Å². The van der Waals surface area contributed by atoms with Crippen LogP contribution in [0.2, 0.25) is 0 Å². The number of nitrogens with zero attached hydrogens (tertiary/aromatic N) is 1. The fourth-order valence-corrected chi connectivity index (χ4v) is 1.90. The van der Waals surface area contributed by atoms with Crippen molar-refractivity contribution in [2.45, 2.75) is 6.18 Å². The number of hydrogen-bond acceptors (Lipinski definition) is 2. The Hall–Kier alpha value is -1.12. The minimum Gasteiger partial charge on any atom is -0.301 e. The van der Waals surface area contributed by atoms with Gasteiger partial charge < -0.3 is 4.98 Å². The predicted octanol–water partition coefficient (Wildman–Crippen LogP) is 2.55. The number of rotatable bonds is 0. The highest BCUT2D eigenvalue weighted by Gasteiger charge is 2.33. The maximum Gasteiger partial charge on any atom is 0.417 e. The molecule has 16 heavy (non-hydrogen) atoms. The number of fused-ring (bicyclic) bond motifs is 1. The van der Waals surface area contributed by atoms with E-state index in [0.29, 0.717) is 0 Å². The fraction of sp³-hybridized carbons (Fsp3) is 0.111. The van der Waals surface area contributed by atoms with E-state index in [0.717, 1.165) is 6.07 Å². The molecule has 1 aromatic carbocycles. The Morgan fingerprint density at radius 1 is 1.31 bits per heavy atom. The molecule has 0 aliphatic rings. The molecule has 0 aliphatic carbocycles. The number of halogens is 4. The summed E-state index contributed by atoms with van der Waals surface area (Å²) in [6.45, 7) is 0. The molecule has 7 heteroatoms. The van der Waals surface area contributed by atoms with Gasteiger partial charge in [-0.05, 0) is 34.7 Å². The Kier molecular flexibility index (Phi) is 2.64. The fourth-order valence-electron chi connectivity index (χ4n) is 1.40. The molecule has 0 aliphatic heterocycles. The third kappa shape index (κ3) is 1.91. The monoisotopic (exact) mass is 340 g/mol. The maximum atomic E-state index is 12.6. The number of hydrogen-bond donors (Lipinski definition) is 1. The van der Waals surface area contributed by atoms with E-state index < -0.39 is 22.7 Å². The molecule has 1 N–H and O–H groups in total. The molecule has 1 heterocycles. The average molecular weight is 340 g/mol. The Bertz CT molecular complexity index is 606. The molecule has 0 saturated carbocycles. The first-order chi connectivity index (χ1) is 7.39. The summed E-state index contributed by atoms with van der Waals surface area (Å²) in [5.41, 5.74) is -1.69. The Labute approximate surface area is 101 Å². The van der Waals surface area contributed by atoms with Crippen LogP contribution in [0.25, 0.3) is 10.9 Å². The van der Waals surface area contributed by atoms with Gasteiger partial charge in [-0.1, -0.05) is 6.07 Å². The van der Waals surface area contributed by atoms with Crippen LogP contribution in [0.1, 0.15) is 5.56 Å². The Morgan fingerprint density at radius 2 is 2.00 bits per heavy atom. The van der Waals surface area contributed by atoms with Crippen molar-refractivity contribution in [1.29, 1.82) is 0 Å². The third-order valence-electron chi connectivity index (χ3n) is 2.01. The van der Waals surface area contributed by atoms with Gasteiger partial charge in [0.05, 0.1) is 16.5 Å². The van der Waals surface area contributed by atoms with Crippen molar-refractivity contribution in [2.75, 3.05) is 0 Å². The summed E-state index contributed by atoms with van der Waals surface area (Å²) in [5, 5.41) is -0.421. The van der Waals surface area contributed by atoms with Gasteiger partial charge in [-0.3, -0.25) is 4.79 Å². The van der Waals surface area contributed by atoms with E-state index >= 15 is 0 Å². The highest BCUT2D eigenvalue weighted by molar-refractivity contribution is 14.1. The average Bonchev–Trinajstić information content (AvgIpc) is 2.14. The lowest BCUT2D eigenvalue weighted by Crippen LogP contribution is -2.16. The van der Waals surface area contributed by atoms with Crippen molar-refractivity contribution in [1.82, 2.24) is 9.97 Å². The van der Waals surface area contributed by atoms with Gasteiger partial charge >= 0.3 is 6.18 Å². The van der Waals surface area contributed by atoms with Crippen molar-refractivity contribution < 1.29 is 13.2 Å². The maximum absolute atomic E-state index is 12.6. The van der Waals surface area contributed by atoms with Gasteiger partial charge in [-0.15, -0.1) is 0 Å². The highest BCUT2D eigenvalue weighted by Crippen LogP contribution is 2.32. The summed E-state index contributed by atoms with van der Waals surface area (Å²) in [5.74, 6) is 0. The van der Waals surface area contributed by atoms with Crippen LogP contribution < -0.4 is 5.56 Å². The lowest BCUT2D eigenvalue weighted by molar-refractivity contribution is -0.136. The van der Waals surface area contributed by atoms with Crippen LogP contribution >= 0.6 is 22.6 Å². The van der Waals surface area contributed by atoms with E-state index in [1.807, 2.05) is 0 Å². The lowest BCUT2D eigenvalue weighted by Gasteiger charge is -2.08. The SMILES string of the molecule is O=c1[nH]c(I)nc2cccc(C(F)(F)F)c12. The number of aromatic amines is 1. The summed E-state index contributed by atoms with van der Waals surface area (Å²) >= 11 is 1.74. The normalized spacial score (nSPS) is 12.0. The third-order valence-corrected chi connectivity index (χ3v) is 2.52. The lowest BCUT2D eigenvalue weighted by atomic mass is 10.1. The molecule has 84 valence electrons. The summed E-state index contributed by atoms with van der Waals surface area (Å²) in [6.07, 6.45) is -4.55. The van der Waals surface area contributed by atoms with E-state index in [9.17, 15) is 18.0 Å². The molecule has 0 atom stereocenters. The molecule has 0 saturated heterocycles. The number of nitrogens with one attached hydrogen (secondary N) is 1. The summed E-state index contributed by atoms with van der Waals surface area (Å²) in [4.78, 5) is 17.6. The zero-order chi connectivity index (χ0) is 11.9. The molecular weight excluding hydrogens is 336 g/mol. The molecule has 0 unspecified atom stereocenters. The van der Waals surface area contributed by atoms with E-state index in [1.165, 1.54) is 12.1 Å². The molecule has 0 bridgehead atoms. The number of H-pyrrole nitrogens is 1. The molecule has 2 rings (SSSR count). The molecule has 0 radical (unpaired) electrons. The summed E-state index contributed by atoms with van der Waals surface area (Å²) in [6, 6.07) is 3.47. The quantitative estimate of drug-likeness (QED) is 0.592. The van der Waals surface area contributed by atoms with Gasteiger partial charge in [-0.25, -0.2) is 4.98 Å². The Balaban J connectivity index is 2.93. The second kappa shape index (κ2) is 3.72. The molecular formula is C9H4F3IN2O. The molecule has 1 aromatic heterocycles. The molecule has 2 aromatic rings. The molecule has 0 fully saturated rings. The predicted molar refractivity (Wildman–Crippen MR) is 60.1 cm³/mol. The topological polar surface area (TPSA) is 45.8 Å². The molecule has 0 amide bonds. The zero-order valence-corrected chi connectivity index (χ0v) is 9.76. The van der Waals surface area contributed by atoms with Crippen LogP contribution in [-0.2, 0) is 6.18 Å². The van der Waals surface area contributed by atoms with Gasteiger partial charge in [-0.2, -0.15) is 13.2 Å². The number of alkyl halides is 3. The molecule has 3 nitrogen and oxygen atoms in total. The second-order valence-corrected chi connectivity index (χ2v) is 4.08. The van der Waals surface area contributed by atoms with Crippen LogP contribution in [0.5, 0.6) is 0 Å². The zero-order valence-electron chi connectivity index (χ0n) is 7.60. The van der Waals surface area contributed by atoms with E-state index in [1.54, 1.807) is 22.6 Å². The summed E-state index contributed by atoms with van der Waals surface area (Å²) in [7, 11) is 0. The molecule has 0 spiro atoms. The minimum absolute atomic E-state index is 0.0444. The van der Waals surface area contributed by atoms with Crippen molar-refractivity contribution in [3.8, 4) is 0 Å². The van der Waals surface area contributed by atoms with Crippen LogP contribution in [0.4, 0.5) is 13.2 Å². The van der Waals surface area contributed by atoms with Gasteiger partial charge in [0.1, 0.15) is 0 Å². The van der Waals surface area contributed by atoms with Crippen molar-refractivity contribution in [2.24, 2.45) is 0 Å². The second-order valence-electron chi connectivity index (χ2n) is 3.05. The first-order valence-electron chi connectivity index (χ1n) is 4.15. The van der Waals surface area contributed by atoms with Crippen LogP contribution in [0.15, 0.2) is 23.0 Å². The summed E-state index contributed by atoms with van der Waals surface area (Å²) < 4.78 is 38.1. The first-order valence-corrected chi connectivity index (χ1v) is 5.23. The first kappa shape index (κ1) is 11.4. The highest BCUT2D eigenvalue weighted by atomic mass is 127. The van der Waals surface area contributed by atoms with Gasteiger partial charge in [0.15, 0.2) is 3.83 Å². The van der Waals surface area contributed by atoms with Crippen molar-refractivity contribution >= 4 is 33.5 Å². The van der Waals surface area contributed by atoms with Crippen LogP contribution in [-0.4, -0.2) is 9.97 Å². The Morgan fingerprint density at radius 3 is 2.62 bits per heavy atom. The standard InChI is InChI=1S/C9H4F3IN2O/c10-9(11,12)4-2-1-3-5-6(4)7(16)15-8(13)14-5/h1-3H,(H,14,15,16). The smallest absolute Gasteiger partial charge is 0.301 e.